The maximum absolute atomic E-state index is 10.9. The van der Waals surface area contributed by atoms with Gasteiger partial charge in [-0.3, -0.25) is 4.79 Å². The van der Waals surface area contributed by atoms with Gasteiger partial charge in [-0.2, -0.15) is 0 Å². The largest absolute Gasteiger partial charge is 0.494 e. The van der Waals surface area contributed by atoms with E-state index in [4.69, 9.17) is 9.84 Å². The molecular weight excluding hydrogens is 254 g/mol. The Morgan fingerprint density at radius 2 is 2.05 bits per heavy atom. The number of carboxylic acid groups (broad SMARTS) is 1. The number of ether oxygens (including phenoxy) is 1. The summed E-state index contributed by atoms with van der Waals surface area (Å²) in [5.74, 6) is 0.0710. The minimum absolute atomic E-state index is 0.185. The molecule has 110 valence electrons. The number of carboxylic acids is 1. The van der Waals surface area contributed by atoms with E-state index in [9.17, 15) is 4.79 Å². The Balaban J connectivity index is 1.68. The summed E-state index contributed by atoms with van der Waals surface area (Å²) in [6.45, 7) is 7.29. The monoisotopic (exact) mass is 277 g/mol. The molecule has 1 aliphatic rings. The maximum Gasteiger partial charge on any atom is 0.307 e. The van der Waals surface area contributed by atoms with Crippen molar-refractivity contribution in [1.29, 1.82) is 0 Å². The van der Waals surface area contributed by atoms with Gasteiger partial charge in [-0.15, -0.1) is 0 Å². The van der Waals surface area contributed by atoms with E-state index in [0.29, 0.717) is 13.2 Å². The van der Waals surface area contributed by atoms with E-state index in [1.54, 1.807) is 0 Å². The van der Waals surface area contributed by atoms with Crippen molar-refractivity contribution in [2.45, 2.75) is 26.7 Å². The Morgan fingerprint density at radius 1 is 1.35 bits per heavy atom. The SMILES string of the molecule is Cc1cc(C)cc(OCCCN2CC[C@@H](C(=O)O)C2)c1. The molecule has 1 fully saturated rings. The molecule has 0 bridgehead atoms. The highest BCUT2D eigenvalue weighted by molar-refractivity contribution is 5.70. The van der Waals surface area contributed by atoms with Crippen LogP contribution >= 0.6 is 0 Å². The van der Waals surface area contributed by atoms with Crippen LogP contribution in [0.15, 0.2) is 18.2 Å². The van der Waals surface area contributed by atoms with Crippen molar-refractivity contribution < 1.29 is 14.6 Å². The first-order chi connectivity index (χ1) is 9.54. The number of hydrogen-bond donors (Lipinski definition) is 1. The topological polar surface area (TPSA) is 49.8 Å². The molecule has 2 rings (SSSR count). The van der Waals surface area contributed by atoms with Gasteiger partial charge in [0.15, 0.2) is 0 Å². The van der Waals surface area contributed by atoms with Gasteiger partial charge in [-0.05, 0) is 56.5 Å². The van der Waals surface area contributed by atoms with Crippen LogP contribution in [0, 0.1) is 19.8 Å². The van der Waals surface area contributed by atoms with E-state index in [2.05, 4.69) is 24.8 Å². The predicted molar refractivity (Wildman–Crippen MR) is 78.2 cm³/mol. The molecule has 1 saturated heterocycles. The van der Waals surface area contributed by atoms with Gasteiger partial charge < -0.3 is 14.7 Å². The Kier molecular flexibility index (Phi) is 5.01. The van der Waals surface area contributed by atoms with Crippen molar-refractivity contribution in [3.8, 4) is 5.75 Å². The molecule has 1 heterocycles. The molecule has 0 amide bonds. The molecule has 0 saturated carbocycles. The van der Waals surface area contributed by atoms with Crippen molar-refractivity contribution in [1.82, 2.24) is 4.90 Å². The van der Waals surface area contributed by atoms with Gasteiger partial charge in [-0.1, -0.05) is 6.07 Å². The standard InChI is InChI=1S/C16H23NO3/c1-12-8-13(2)10-15(9-12)20-7-3-5-17-6-4-14(11-17)16(18)19/h8-10,14H,3-7,11H2,1-2H3,(H,18,19)/t14-/m1/s1. The van der Waals surface area contributed by atoms with E-state index < -0.39 is 5.97 Å². The summed E-state index contributed by atoms with van der Waals surface area (Å²) >= 11 is 0. The van der Waals surface area contributed by atoms with E-state index >= 15 is 0 Å². The van der Waals surface area contributed by atoms with Crippen LogP contribution in [0.3, 0.4) is 0 Å². The Bertz CT molecular complexity index is 453. The second-order valence-corrected chi connectivity index (χ2v) is 5.65. The first-order valence-electron chi connectivity index (χ1n) is 7.21. The molecule has 1 atom stereocenters. The van der Waals surface area contributed by atoms with E-state index in [0.717, 1.165) is 31.7 Å². The van der Waals surface area contributed by atoms with Crippen LogP contribution in [-0.2, 0) is 4.79 Å². The zero-order valence-corrected chi connectivity index (χ0v) is 12.3. The molecule has 0 radical (unpaired) electrons. The summed E-state index contributed by atoms with van der Waals surface area (Å²) in [5.41, 5.74) is 2.42. The van der Waals surface area contributed by atoms with Crippen molar-refractivity contribution in [2.75, 3.05) is 26.2 Å². The van der Waals surface area contributed by atoms with E-state index in [-0.39, 0.29) is 5.92 Å². The molecule has 0 spiro atoms. The highest BCUT2D eigenvalue weighted by Gasteiger charge is 2.27. The lowest BCUT2D eigenvalue weighted by atomic mass is 10.1. The number of carbonyl (C=O) groups is 1. The van der Waals surface area contributed by atoms with Crippen molar-refractivity contribution >= 4 is 5.97 Å². The summed E-state index contributed by atoms with van der Waals surface area (Å²) in [5, 5.41) is 8.95. The Hall–Kier alpha value is -1.55. The van der Waals surface area contributed by atoms with Crippen LogP contribution < -0.4 is 4.74 Å². The van der Waals surface area contributed by atoms with E-state index in [1.165, 1.54) is 11.1 Å². The molecule has 20 heavy (non-hydrogen) atoms. The zero-order valence-electron chi connectivity index (χ0n) is 12.3. The smallest absolute Gasteiger partial charge is 0.307 e. The van der Waals surface area contributed by atoms with Crippen LogP contribution in [0.25, 0.3) is 0 Å². The Morgan fingerprint density at radius 3 is 2.65 bits per heavy atom. The summed E-state index contributed by atoms with van der Waals surface area (Å²) in [6.07, 6.45) is 1.70. The lowest BCUT2D eigenvalue weighted by Gasteiger charge is -2.15. The highest BCUT2D eigenvalue weighted by Crippen LogP contribution is 2.18. The van der Waals surface area contributed by atoms with Gasteiger partial charge in [-0.25, -0.2) is 0 Å². The normalized spacial score (nSPS) is 19.2. The number of benzene rings is 1. The predicted octanol–water partition coefficient (Wildman–Crippen LogP) is 2.48. The van der Waals surface area contributed by atoms with Gasteiger partial charge in [0.25, 0.3) is 0 Å². The van der Waals surface area contributed by atoms with Crippen LogP contribution in [0.5, 0.6) is 5.75 Å². The molecule has 4 heteroatoms. The average Bonchev–Trinajstić information content (AvgIpc) is 2.82. The maximum atomic E-state index is 10.9. The van der Waals surface area contributed by atoms with Crippen molar-refractivity contribution in [3.63, 3.8) is 0 Å². The third-order valence-electron chi connectivity index (χ3n) is 3.70. The van der Waals surface area contributed by atoms with Gasteiger partial charge in [0.2, 0.25) is 0 Å². The summed E-state index contributed by atoms with van der Waals surface area (Å²) in [4.78, 5) is 13.1. The molecule has 1 aliphatic heterocycles. The number of rotatable bonds is 6. The van der Waals surface area contributed by atoms with Gasteiger partial charge in [0.05, 0.1) is 12.5 Å². The quantitative estimate of drug-likeness (QED) is 0.812. The fourth-order valence-corrected chi connectivity index (χ4v) is 2.73. The second-order valence-electron chi connectivity index (χ2n) is 5.65. The molecule has 0 aromatic heterocycles. The van der Waals surface area contributed by atoms with Gasteiger partial charge in [0, 0.05) is 13.1 Å². The summed E-state index contributed by atoms with van der Waals surface area (Å²) in [7, 11) is 0. The van der Waals surface area contributed by atoms with Crippen LogP contribution in [-0.4, -0.2) is 42.2 Å². The third-order valence-corrected chi connectivity index (χ3v) is 3.70. The van der Waals surface area contributed by atoms with Crippen molar-refractivity contribution in [3.05, 3.63) is 29.3 Å². The molecular formula is C16H23NO3. The van der Waals surface area contributed by atoms with Crippen LogP contribution in [0.2, 0.25) is 0 Å². The minimum Gasteiger partial charge on any atom is -0.494 e. The molecule has 0 unspecified atom stereocenters. The van der Waals surface area contributed by atoms with Crippen LogP contribution in [0.4, 0.5) is 0 Å². The number of aliphatic carboxylic acids is 1. The fourth-order valence-electron chi connectivity index (χ4n) is 2.73. The lowest BCUT2D eigenvalue weighted by molar-refractivity contribution is -0.141. The lowest BCUT2D eigenvalue weighted by Crippen LogP contribution is -2.25. The molecule has 1 aromatic carbocycles. The van der Waals surface area contributed by atoms with Gasteiger partial charge in [0.1, 0.15) is 5.75 Å². The first-order valence-corrected chi connectivity index (χ1v) is 7.21. The number of aryl methyl sites for hydroxylation is 2. The fraction of sp³-hybridized carbons (Fsp3) is 0.562. The number of nitrogens with zero attached hydrogens (tertiary/aromatic N) is 1. The molecule has 4 nitrogen and oxygen atoms in total. The minimum atomic E-state index is -0.668. The molecule has 0 aliphatic carbocycles. The number of likely N-dealkylation sites (tertiary alicyclic amines) is 1. The van der Waals surface area contributed by atoms with Crippen molar-refractivity contribution in [2.24, 2.45) is 5.92 Å². The Labute approximate surface area is 120 Å². The zero-order chi connectivity index (χ0) is 14.5. The van der Waals surface area contributed by atoms with E-state index in [1.807, 2.05) is 12.1 Å². The average molecular weight is 277 g/mol. The highest BCUT2D eigenvalue weighted by atomic mass is 16.5. The van der Waals surface area contributed by atoms with Crippen LogP contribution in [0.1, 0.15) is 24.0 Å². The number of hydrogen-bond acceptors (Lipinski definition) is 3. The molecule has 1 aromatic rings. The third kappa shape index (κ3) is 4.23. The summed E-state index contributed by atoms with van der Waals surface area (Å²) < 4.78 is 5.76. The first kappa shape index (κ1) is 14.9. The van der Waals surface area contributed by atoms with Gasteiger partial charge >= 0.3 is 5.97 Å². The summed E-state index contributed by atoms with van der Waals surface area (Å²) in [6, 6.07) is 6.22. The second kappa shape index (κ2) is 6.75. The molecule has 1 N–H and O–H groups in total.